The largest absolute Gasteiger partial charge is 0.448 e. The summed E-state index contributed by atoms with van der Waals surface area (Å²) < 4.78 is 7.02. The summed E-state index contributed by atoms with van der Waals surface area (Å²) in [6.07, 6.45) is 0. The van der Waals surface area contributed by atoms with E-state index in [-0.39, 0.29) is 5.91 Å². The molecule has 0 spiro atoms. The fourth-order valence-corrected chi connectivity index (χ4v) is 5.88. The zero-order valence-electron chi connectivity index (χ0n) is 18.4. The van der Waals surface area contributed by atoms with E-state index in [9.17, 15) is 4.79 Å². The molecule has 0 atom stereocenters. The molecule has 0 bridgehead atoms. The van der Waals surface area contributed by atoms with Gasteiger partial charge in [0.05, 0.1) is 15.9 Å². The van der Waals surface area contributed by atoms with Crippen LogP contribution >= 0.6 is 22.7 Å². The molecule has 1 fully saturated rings. The first-order chi connectivity index (χ1) is 16.7. The van der Waals surface area contributed by atoms with Crippen molar-refractivity contribution in [1.82, 2.24) is 19.8 Å². The summed E-state index contributed by atoms with van der Waals surface area (Å²) in [4.78, 5) is 26.7. The number of aromatic nitrogens is 2. The van der Waals surface area contributed by atoms with Gasteiger partial charge in [-0.15, -0.1) is 22.7 Å². The Balaban J connectivity index is 1.07. The molecule has 0 N–H and O–H groups in total. The molecule has 1 aliphatic heterocycles. The minimum Gasteiger partial charge on any atom is -0.448 e. The van der Waals surface area contributed by atoms with Crippen molar-refractivity contribution in [3.63, 3.8) is 0 Å². The average Bonchev–Trinajstić information content (AvgIpc) is 3.64. The Bertz CT molecular complexity index is 1400. The molecule has 4 heterocycles. The van der Waals surface area contributed by atoms with Crippen molar-refractivity contribution in [2.45, 2.75) is 6.54 Å². The molecule has 0 radical (unpaired) electrons. The normalized spacial score (nSPS) is 14.6. The van der Waals surface area contributed by atoms with Crippen LogP contribution in [0.1, 0.15) is 16.2 Å². The van der Waals surface area contributed by atoms with Crippen LogP contribution in [-0.4, -0.2) is 51.9 Å². The van der Waals surface area contributed by atoms with Crippen LogP contribution in [0.4, 0.5) is 0 Å². The molecular formula is C26H22N4O2S2. The molecule has 0 saturated carbocycles. The zero-order chi connectivity index (χ0) is 22.9. The van der Waals surface area contributed by atoms with Crippen LogP contribution in [0.2, 0.25) is 0 Å². The van der Waals surface area contributed by atoms with Gasteiger partial charge in [-0.1, -0.05) is 42.5 Å². The van der Waals surface area contributed by atoms with Crippen molar-refractivity contribution in [2.75, 3.05) is 26.2 Å². The zero-order valence-corrected chi connectivity index (χ0v) is 20.0. The number of carbonyl (C=O) groups excluding carboxylic acids is 1. The number of para-hydroxylation sites is 1. The van der Waals surface area contributed by atoms with Gasteiger partial charge in [-0.05, 0) is 24.3 Å². The van der Waals surface area contributed by atoms with E-state index in [2.05, 4.69) is 27.4 Å². The third-order valence-electron chi connectivity index (χ3n) is 5.94. The number of hydrogen-bond donors (Lipinski definition) is 0. The summed E-state index contributed by atoms with van der Waals surface area (Å²) in [5.74, 6) is 0.947. The SMILES string of the molecule is O=C(c1ccc(-c2nc3ccccc3s2)o1)N1CCN(Cc2csc(-c3ccccc3)n2)CC1. The topological polar surface area (TPSA) is 62.5 Å². The van der Waals surface area contributed by atoms with E-state index in [1.165, 1.54) is 0 Å². The van der Waals surface area contributed by atoms with Gasteiger partial charge in [0, 0.05) is 43.7 Å². The first-order valence-corrected chi connectivity index (χ1v) is 12.9. The van der Waals surface area contributed by atoms with Gasteiger partial charge < -0.3 is 9.32 Å². The van der Waals surface area contributed by atoms with Crippen molar-refractivity contribution < 1.29 is 9.21 Å². The van der Waals surface area contributed by atoms with E-state index in [0.29, 0.717) is 24.6 Å². The number of amides is 1. The molecule has 0 aliphatic carbocycles. The Morgan fingerprint density at radius 1 is 0.882 bits per heavy atom. The van der Waals surface area contributed by atoms with Crippen LogP contribution in [0, 0.1) is 0 Å². The Kier molecular flexibility index (Phi) is 5.70. The molecule has 6 rings (SSSR count). The van der Waals surface area contributed by atoms with Gasteiger partial charge in [0.25, 0.3) is 5.91 Å². The molecule has 1 aliphatic rings. The summed E-state index contributed by atoms with van der Waals surface area (Å²) in [5, 5.41) is 3.97. The van der Waals surface area contributed by atoms with Crippen LogP contribution < -0.4 is 0 Å². The number of rotatable bonds is 5. The summed E-state index contributed by atoms with van der Waals surface area (Å²) >= 11 is 3.25. The maximum atomic E-state index is 13.0. The Morgan fingerprint density at radius 2 is 1.68 bits per heavy atom. The van der Waals surface area contributed by atoms with E-state index in [1.807, 2.05) is 53.4 Å². The monoisotopic (exact) mass is 486 g/mol. The number of nitrogens with zero attached hydrogens (tertiary/aromatic N) is 4. The van der Waals surface area contributed by atoms with Crippen LogP contribution in [0.15, 0.2) is 76.5 Å². The second-order valence-corrected chi connectivity index (χ2v) is 10.1. The van der Waals surface area contributed by atoms with Crippen LogP contribution in [-0.2, 0) is 6.54 Å². The number of carbonyl (C=O) groups is 1. The van der Waals surface area contributed by atoms with Gasteiger partial charge in [-0.25, -0.2) is 9.97 Å². The molecule has 3 aromatic heterocycles. The highest BCUT2D eigenvalue weighted by atomic mass is 32.1. The first-order valence-electron chi connectivity index (χ1n) is 11.2. The summed E-state index contributed by atoms with van der Waals surface area (Å²) in [7, 11) is 0. The average molecular weight is 487 g/mol. The smallest absolute Gasteiger partial charge is 0.289 e. The molecule has 170 valence electrons. The quantitative estimate of drug-likeness (QED) is 0.322. The van der Waals surface area contributed by atoms with Crippen molar-refractivity contribution in [1.29, 1.82) is 0 Å². The van der Waals surface area contributed by atoms with E-state index in [4.69, 9.17) is 9.40 Å². The number of piperazine rings is 1. The van der Waals surface area contributed by atoms with E-state index >= 15 is 0 Å². The summed E-state index contributed by atoms with van der Waals surface area (Å²) in [6.45, 7) is 3.77. The molecule has 34 heavy (non-hydrogen) atoms. The highest BCUT2D eigenvalue weighted by Gasteiger charge is 2.25. The van der Waals surface area contributed by atoms with Crippen molar-refractivity contribution in [2.24, 2.45) is 0 Å². The predicted octanol–water partition coefficient (Wildman–Crippen LogP) is 5.64. The van der Waals surface area contributed by atoms with Gasteiger partial charge in [0.1, 0.15) is 5.01 Å². The highest BCUT2D eigenvalue weighted by Crippen LogP contribution is 2.31. The fourth-order valence-electron chi connectivity index (χ4n) is 4.13. The molecule has 6 nitrogen and oxygen atoms in total. The van der Waals surface area contributed by atoms with Gasteiger partial charge in [0.15, 0.2) is 16.5 Å². The van der Waals surface area contributed by atoms with E-state index < -0.39 is 0 Å². The Hall–Kier alpha value is -3.33. The van der Waals surface area contributed by atoms with Crippen LogP contribution in [0.3, 0.4) is 0 Å². The Morgan fingerprint density at radius 3 is 2.50 bits per heavy atom. The number of thiazole rings is 2. The predicted molar refractivity (Wildman–Crippen MR) is 136 cm³/mol. The fraction of sp³-hybridized carbons (Fsp3) is 0.192. The Labute approximate surface area is 205 Å². The number of benzene rings is 2. The maximum absolute atomic E-state index is 13.0. The molecule has 2 aromatic carbocycles. The summed E-state index contributed by atoms with van der Waals surface area (Å²) in [6, 6.07) is 21.9. The second kappa shape index (κ2) is 9.13. The lowest BCUT2D eigenvalue weighted by Crippen LogP contribution is -2.48. The lowest BCUT2D eigenvalue weighted by atomic mass is 10.2. The number of furan rings is 1. The molecule has 8 heteroatoms. The van der Waals surface area contributed by atoms with Crippen molar-refractivity contribution >= 4 is 38.8 Å². The molecule has 0 unspecified atom stereocenters. The van der Waals surface area contributed by atoms with E-state index in [1.54, 1.807) is 28.7 Å². The van der Waals surface area contributed by atoms with Gasteiger partial charge in [-0.3, -0.25) is 9.69 Å². The van der Waals surface area contributed by atoms with Crippen molar-refractivity contribution in [3.05, 3.63) is 83.6 Å². The van der Waals surface area contributed by atoms with Crippen LogP contribution in [0.25, 0.3) is 31.6 Å². The van der Waals surface area contributed by atoms with Gasteiger partial charge in [-0.2, -0.15) is 0 Å². The molecule has 5 aromatic rings. The van der Waals surface area contributed by atoms with Crippen LogP contribution in [0.5, 0.6) is 0 Å². The third-order valence-corrected chi connectivity index (χ3v) is 7.93. The first kappa shape index (κ1) is 21.2. The number of hydrogen-bond acceptors (Lipinski definition) is 7. The minimum atomic E-state index is -0.0629. The van der Waals surface area contributed by atoms with Gasteiger partial charge in [0.2, 0.25) is 0 Å². The van der Waals surface area contributed by atoms with E-state index in [0.717, 1.165) is 51.1 Å². The third kappa shape index (κ3) is 4.27. The van der Waals surface area contributed by atoms with Gasteiger partial charge >= 0.3 is 0 Å². The lowest BCUT2D eigenvalue weighted by Gasteiger charge is -2.33. The maximum Gasteiger partial charge on any atom is 0.289 e. The van der Waals surface area contributed by atoms with Crippen molar-refractivity contribution in [3.8, 4) is 21.3 Å². The molecule has 1 amide bonds. The lowest BCUT2D eigenvalue weighted by molar-refractivity contribution is 0.0597. The number of fused-ring (bicyclic) bond motifs is 1. The summed E-state index contributed by atoms with van der Waals surface area (Å²) in [5.41, 5.74) is 3.17. The standard InChI is InChI=1S/C26H22N4O2S2/c31-26(22-11-10-21(32-22)25-28-20-8-4-5-9-23(20)34-25)30-14-12-29(13-15-30)16-19-17-33-24(27-19)18-6-2-1-3-7-18/h1-11,17H,12-16H2. The molecule has 1 saturated heterocycles. The second-order valence-electron chi connectivity index (χ2n) is 8.23. The highest BCUT2D eigenvalue weighted by molar-refractivity contribution is 7.21. The molecular weight excluding hydrogens is 464 g/mol. The minimum absolute atomic E-state index is 0.0629.